The van der Waals surface area contributed by atoms with Crippen LogP contribution in [0.4, 0.5) is 0 Å². The molecule has 14 heavy (non-hydrogen) atoms. The molecule has 0 aromatic carbocycles. The first-order valence-corrected chi connectivity index (χ1v) is 6.12. The van der Waals surface area contributed by atoms with E-state index in [1.165, 1.54) is 36.1 Å². The highest BCUT2D eigenvalue weighted by atomic mass is 32.1. The molecule has 1 nitrogen and oxygen atoms in total. The van der Waals surface area contributed by atoms with E-state index in [-0.39, 0.29) is 0 Å². The predicted octanol–water partition coefficient (Wildman–Crippen LogP) is 3.91. The molecule has 2 heteroatoms. The molecule has 0 aliphatic heterocycles. The van der Waals surface area contributed by atoms with Crippen LogP contribution < -0.4 is 0 Å². The fourth-order valence-electron chi connectivity index (χ4n) is 2.36. The normalized spacial score (nSPS) is 27.5. The summed E-state index contributed by atoms with van der Waals surface area (Å²) >= 11 is 1.63. The van der Waals surface area contributed by atoms with Crippen LogP contribution in [-0.4, -0.2) is 4.37 Å². The third-order valence-corrected chi connectivity index (χ3v) is 4.05. The average Bonchev–Trinajstić information content (AvgIpc) is 2.65. The van der Waals surface area contributed by atoms with Gasteiger partial charge in [-0.1, -0.05) is 6.08 Å². The van der Waals surface area contributed by atoms with Crippen molar-refractivity contribution in [3.8, 4) is 0 Å². The highest BCUT2D eigenvalue weighted by Gasteiger charge is 2.22. The standard InChI is InChI=1S/C12H17NS/c1-3-10-4-6-11(7-5-10)12-8-13-14-9(12)2/h3,8,10-11H,1,4-7H2,2H3. The molecule has 1 aliphatic carbocycles. The second-order valence-corrected chi connectivity index (χ2v) is 5.19. The quantitative estimate of drug-likeness (QED) is 0.670. The van der Waals surface area contributed by atoms with Crippen molar-refractivity contribution in [2.24, 2.45) is 5.92 Å². The topological polar surface area (TPSA) is 12.9 Å². The van der Waals surface area contributed by atoms with E-state index in [1.54, 1.807) is 11.5 Å². The van der Waals surface area contributed by atoms with Crippen molar-refractivity contribution in [3.63, 3.8) is 0 Å². The maximum absolute atomic E-state index is 4.26. The van der Waals surface area contributed by atoms with Gasteiger partial charge in [0.1, 0.15) is 0 Å². The number of hydrogen-bond donors (Lipinski definition) is 0. The lowest BCUT2D eigenvalue weighted by Gasteiger charge is -2.26. The largest absolute Gasteiger partial charge is 0.201 e. The van der Waals surface area contributed by atoms with E-state index in [2.05, 4.69) is 30.1 Å². The van der Waals surface area contributed by atoms with Crippen LogP contribution in [0.1, 0.15) is 42.0 Å². The van der Waals surface area contributed by atoms with Crippen molar-refractivity contribution >= 4 is 11.5 Å². The summed E-state index contributed by atoms with van der Waals surface area (Å²) in [6, 6.07) is 0. The fraction of sp³-hybridized carbons (Fsp3) is 0.583. The monoisotopic (exact) mass is 207 g/mol. The molecule has 0 amide bonds. The summed E-state index contributed by atoms with van der Waals surface area (Å²) in [5.41, 5.74) is 1.50. The second-order valence-electron chi connectivity index (χ2n) is 4.18. The molecule has 0 bridgehead atoms. The third kappa shape index (κ3) is 1.90. The summed E-state index contributed by atoms with van der Waals surface area (Å²) < 4.78 is 4.26. The van der Waals surface area contributed by atoms with Crippen LogP contribution in [0.15, 0.2) is 18.9 Å². The van der Waals surface area contributed by atoms with E-state index in [0.717, 1.165) is 11.8 Å². The Kier molecular flexibility index (Phi) is 3.02. The van der Waals surface area contributed by atoms with Gasteiger partial charge in [-0.15, -0.1) is 6.58 Å². The van der Waals surface area contributed by atoms with Gasteiger partial charge in [0.25, 0.3) is 0 Å². The highest BCUT2D eigenvalue weighted by molar-refractivity contribution is 7.05. The van der Waals surface area contributed by atoms with Crippen molar-refractivity contribution < 1.29 is 0 Å². The van der Waals surface area contributed by atoms with E-state index in [1.807, 2.05) is 0 Å². The molecular formula is C12H17NS. The van der Waals surface area contributed by atoms with Gasteiger partial charge in [-0.3, -0.25) is 0 Å². The Bertz CT molecular complexity index is 308. The molecule has 1 aromatic rings. The summed E-state index contributed by atoms with van der Waals surface area (Å²) in [5, 5.41) is 0. The Labute approximate surface area is 90.0 Å². The van der Waals surface area contributed by atoms with Crippen LogP contribution in [0.2, 0.25) is 0 Å². The molecule has 0 saturated heterocycles. The lowest BCUT2D eigenvalue weighted by molar-refractivity contribution is 0.376. The average molecular weight is 207 g/mol. The minimum Gasteiger partial charge on any atom is -0.201 e. The molecule has 0 atom stereocenters. The Balaban J connectivity index is 2.02. The molecule has 0 unspecified atom stereocenters. The van der Waals surface area contributed by atoms with E-state index in [0.29, 0.717) is 0 Å². The minimum atomic E-state index is 0.762. The highest BCUT2D eigenvalue weighted by Crippen LogP contribution is 2.37. The first kappa shape index (κ1) is 9.91. The van der Waals surface area contributed by atoms with Crippen molar-refractivity contribution in [1.29, 1.82) is 0 Å². The van der Waals surface area contributed by atoms with Crippen LogP contribution in [0, 0.1) is 12.8 Å². The summed E-state index contributed by atoms with van der Waals surface area (Å²) in [7, 11) is 0. The molecule has 0 radical (unpaired) electrons. The third-order valence-electron chi connectivity index (χ3n) is 3.33. The van der Waals surface area contributed by atoms with Gasteiger partial charge < -0.3 is 0 Å². The van der Waals surface area contributed by atoms with Gasteiger partial charge in [0.15, 0.2) is 0 Å². The first-order valence-electron chi connectivity index (χ1n) is 5.35. The molecular weight excluding hydrogens is 190 g/mol. The van der Waals surface area contributed by atoms with Gasteiger partial charge in [0.2, 0.25) is 0 Å². The zero-order chi connectivity index (χ0) is 9.97. The lowest BCUT2D eigenvalue weighted by Crippen LogP contribution is -2.11. The number of rotatable bonds is 2. The molecule has 1 heterocycles. The van der Waals surface area contributed by atoms with Crippen molar-refractivity contribution in [2.45, 2.75) is 38.5 Å². The van der Waals surface area contributed by atoms with Crippen LogP contribution in [-0.2, 0) is 0 Å². The Hall–Kier alpha value is -0.630. The Morgan fingerprint density at radius 1 is 1.43 bits per heavy atom. The number of hydrogen-bond acceptors (Lipinski definition) is 2. The minimum absolute atomic E-state index is 0.762. The molecule has 76 valence electrons. The van der Waals surface area contributed by atoms with Gasteiger partial charge in [-0.05, 0) is 61.5 Å². The predicted molar refractivity (Wildman–Crippen MR) is 61.7 cm³/mol. The molecule has 0 N–H and O–H groups in total. The molecule has 2 rings (SSSR count). The van der Waals surface area contributed by atoms with Crippen LogP contribution in [0.25, 0.3) is 0 Å². The van der Waals surface area contributed by atoms with Gasteiger partial charge in [0, 0.05) is 11.1 Å². The second kappa shape index (κ2) is 4.26. The van der Waals surface area contributed by atoms with Crippen molar-refractivity contribution in [2.75, 3.05) is 0 Å². The van der Waals surface area contributed by atoms with Gasteiger partial charge >= 0.3 is 0 Å². The molecule has 1 fully saturated rings. The SMILES string of the molecule is C=CC1CCC(c2cnsc2C)CC1. The Morgan fingerprint density at radius 3 is 2.64 bits per heavy atom. The summed E-state index contributed by atoms with van der Waals surface area (Å²) in [5.74, 6) is 1.53. The molecule has 0 spiro atoms. The zero-order valence-corrected chi connectivity index (χ0v) is 9.52. The van der Waals surface area contributed by atoms with Crippen molar-refractivity contribution in [3.05, 3.63) is 29.3 Å². The van der Waals surface area contributed by atoms with Gasteiger partial charge in [-0.25, -0.2) is 4.37 Å². The Morgan fingerprint density at radius 2 is 2.14 bits per heavy atom. The number of allylic oxidation sites excluding steroid dienone is 1. The van der Waals surface area contributed by atoms with E-state index >= 15 is 0 Å². The maximum Gasteiger partial charge on any atom is 0.0444 e. The van der Waals surface area contributed by atoms with Gasteiger partial charge in [-0.2, -0.15) is 0 Å². The first-order chi connectivity index (χ1) is 6.81. The van der Waals surface area contributed by atoms with E-state index in [9.17, 15) is 0 Å². The summed E-state index contributed by atoms with van der Waals surface area (Å²) in [6.07, 6.45) is 9.44. The maximum atomic E-state index is 4.26. The number of nitrogens with zero attached hydrogens (tertiary/aromatic N) is 1. The molecule has 1 aromatic heterocycles. The van der Waals surface area contributed by atoms with Gasteiger partial charge in [0.05, 0.1) is 0 Å². The van der Waals surface area contributed by atoms with Crippen LogP contribution >= 0.6 is 11.5 Å². The number of aryl methyl sites for hydroxylation is 1. The fourth-order valence-corrected chi connectivity index (χ4v) is 3.01. The van der Waals surface area contributed by atoms with Crippen molar-refractivity contribution in [1.82, 2.24) is 4.37 Å². The molecule has 1 aliphatic rings. The van der Waals surface area contributed by atoms with E-state index < -0.39 is 0 Å². The molecule has 1 saturated carbocycles. The summed E-state index contributed by atoms with van der Waals surface area (Å²) in [4.78, 5) is 1.41. The number of aromatic nitrogens is 1. The summed E-state index contributed by atoms with van der Waals surface area (Å²) in [6.45, 7) is 6.07. The lowest BCUT2D eigenvalue weighted by atomic mass is 9.79. The smallest absolute Gasteiger partial charge is 0.0444 e. The van der Waals surface area contributed by atoms with Crippen LogP contribution in [0.5, 0.6) is 0 Å². The zero-order valence-electron chi connectivity index (χ0n) is 8.70. The van der Waals surface area contributed by atoms with Crippen LogP contribution in [0.3, 0.4) is 0 Å². The van der Waals surface area contributed by atoms with E-state index in [4.69, 9.17) is 0 Å².